The molecule has 0 bridgehead atoms. The number of Topliss-reactive ketones (excluding diaryl/α,β-unsaturated/α-hetero) is 1. The van der Waals surface area contributed by atoms with Gasteiger partial charge in [-0.15, -0.1) is 0 Å². The molecule has 2 heterocycles. The highest BCUT2D eigenvalue weighted by molar-refractivity contribution is 6.00. The third-order valence-corrected chi connectivity index (χ3v) is 4.77. The van der Waals surface area contributed by atoms with Gasteiger partial charge in [-0.25, -0.2) is 4.79 Å². The molecule has 0 amide bonds. The molecule has 1 N–H and O–H groups in total. The molecule has 0 saturated carbocycles. The van der Waals surface area contributed by atoms with Crippen LogP contribution in [0.15, 0.2) is 42.5 Å². The van der Waals surface area contributed by atoms with Crippen molar-refractivity contribution in [2.45, 2.75) is 32.7 Å². The number of aromatic nitrogens is 3. The van der Waals surface area contributed by atoms with Crippen LogP contribution < -0.4 is 0 Å². The van der Waals surface area contributed by atoms with Gasteiger partial charge in [-0.1, -0.05) is 30.3 Å². The van der Waals surface area contributed by atoms with E-state index in [2.05, 4.69) is 10.1 Å². The Morgan fingerprint density at radius 1 is 1.19 bits per heavy atom. The molecule has 0 aliphatic heterocycles. The Morgan fingerprint density at radius 3 is 2.78 bits per heavy atom. The smallest absolute Gasteiger partial charge is 0.356 e. The Morgan fingerprint density at radius 2 is 2.00 bits per heavy atom. The zero-order valence-corrected chi connectivity index (χ0v) is 15.2. The van der Waals surface area contributed by atoms with Crippen molar-refractivity contribution in [1.29, 1.82) is 0 Å². The summed E-state index contributed by atoms with van der Waals surface area (Å²) in [4.78, 5) is 28.1. The maximum Gasteiger partial charge on any atom is 0.356 e. The number of fused-ring (bicyclic) bond motifs is 1. The minimum Gasteiger partial charge on any atom is -0.461 e. The highest BCUT2D eigenvalue weighted by Crippen LogP contribution is 2.26. The molecule has 6 nitrogen and oxygen atoms in total. The van der Waals surface area contributed by atoms with E-state index in [9.17, 15) is 9.59 Å². The van der Waals surface area contributed by atoms with Gasteiger partial charge in [0, 0.05) is 23.4 Å². The number of ether oxygens (including phenoxy) is 1. The summed E-state index contributed by atoms with van der Waals surface area (Å²) >= 11 is 0. The minimum atomic E-state index is -0.421. The highest BCUT2D eigenvalue weighted by Gasteiger charge is 2.30. The molecular formula is C21H21N3O3. The van der Waals surface area contributed by atoms with Gasteiger partial charge in [-0.05, 0) is 37.5 Å². The van der Waals surface area contributed by atoms with Gasteiger partial charge >= 0.3 is 5.97 Å². The number of hydrogen-bond acceptors (Lipinski definition) is 4. The molecule has 1 aliphatic rings. The molecule has 0 atom stereocenters. The Balaban J connectivity index is 1.69. The molecule has 27 heavy (non-hydrogen) atoms. The van der Waals surface area contributed by atoms with E-state index in [0.717, 1.165) is 28.9 Å². The monoisotopic (exact) mass is 363 g/mol. The fraction of sp³-hybridized carbons (Fsp3) is 0.286. The summed E-state index contributed by atoms with van der Waals surface area (Å²) in [6, 6.07) is 14.0. The lowest BCUT2D eigenvalue weighted by atomic mass is 9.95. The third-order valence-electron chi connectivity index (χ3n) is 4.77. The summed E-state index contributed by atoms with van der Waals surface area (Å²) in [5, 5.41) is 4.46. The summed E-state index contributed by atoms with van der Waals surface area (Å²) in [6.07, 6.45) is 1.90. The molecular weight excluding hydrogens is 342 g/mol. The molecule has 0 saturated heterocycles. The normalized spacial score (nSPS) is 13.4. The van der Waals surface area contributed by atoms with Crippen molar-refractivity contribution in [3.63, 3.8) is 0 Å². The first-order valence-electron chi connectivity index (χ1n) is 9.20. The van der Waals surface area contributed by atoms with Gasteiger partial charge < -0.3 is 9.72 Å². The van der Waals surface area contributed by atoms with Gasteiger partial charge in [0.25, 0.3) is 0 Å². The molecule has 0 fully saturated rings. The molecule has 138 valence electrons. The number of aromatic amines is 1. The first kappa shape index (κ1) is 17.3. The van der Waals surface area contributed by atoms with Crippen LogP contribution in [0.4, 0.5) is 0 Å². The number of nitrogens with one attached hydrogen (secondary N) is 1. The first-order chi connectivity index (χ1) is 13.2. The predicted octanol–water partition coefficient (Wildman–Crippen LogP) is 3.62. The number of carbonyl (C=O) groups is 2. The van der Waals surface area contributed by atoms with Crippen LogP contribution in [-0.2, 0) is 17.7 Å². The van der Waals surface area contributed by atoms with E-state index in [0.29, 0.717) is 30.8 Å². The van der Waals surface area contributed by atoms with Gasteiger partial charge in [0.05, 0.1) is 13.2 Å². The number of esters is 1. The lowest BCUT2D eigenvalue weighted by Crippen LogP contribution is -2.16. The number of ketones is 1. The standard InChI is InChI=1S/C21H21N3O3/c1-2-27-21(26)20-16-9-6-10-18(25)19(16)23-24(20)13-15-11-12-17(22-15)14-7-4-3-5-8-14/h3-5,7-8,11-12,22H,2,6,9-10,13H2,1H3. The van der Waals surface area contributed by atoms with E-state index in [-0.39, 0.29) is 12.4 Å². The molecule has 0 spiro atoms. The lowest BCUT2D eigenvalue weighted by Gasteiger charge is -2.10. The molecule has 1 aromatic carbocycles. The fourth-order valence-electron chi connectivity index (χ4n) is 3.53. The van der Waals surface area contributed by atoms with Gasteiger partial charge in [-0.3, -0.25) is 9.48 Å². The SMILES string of the molecule is CCOC(=O)c1c2c(nn1Cc1ccc(-c3ccccc3)[nH]1)C(=O)CCC2. The maximum atomic E-state index is 12.5. The molecule has 0 unspecified atom stereocenters. The van der Waals surface area contributed by atoms with Crippen molar-refractivity contribution in [2.75, 3.05) is 6.61 Å². The Hall–Kier alpha value is -3.15. The van der Waals surface area contributed by atoms with Gasteiger partial charge in [0.15, 0.2) is 11.5 Å². The van der Waals surface area contributed by atoms with Crippen molar-refractivity contribution < 1.29 is 14.3 Å². The van der Waals surface area contributed by atoms with Crippen LogP contribution in [0.5, 0.6) is 0 Å². The second kappa shape index (κ2) is 7.23. The van der Waals surface area contributed by atoms with Crippen LogP contribution >= 0.6 is 0 Å². The second-order valence-electron chi connectivity index (χ2n) is 6.59. The zero-order valence-electron chi connectivity index (χ0n) is 15.2. The topological polar surface area (TPSA) is 77.0 Å². The number of carbonyl (C=O) groups excluding carboxylic acids is 2. The maximum absolute atomic E-state index is 12.5. The summed E-state index contributed by atoms with van der Waals surface area (Å²) in [5.41, 5.74) is 4.53. The van der Waals surface area contributed by atoms with Crippen molar-refractivity contribution in [3.05, 3.63) is 65.1 Å². The summed E-state index contributed by atoms with van der Waals surface area (Å²) in [5.74, 6) is -0.423. The Labute approximate surface area is 157 Å². The van der Waals surface area contributed by atoms with Crippen molar-refractivity contribution >= 4 is 11.8 Å². The molecule has 1 aliphatic carbocycles. The molecule has 6 heteroatoms. The van der Waals surface area contributed by atoms with Crippen LogP contribution in [0.1, 0.15) is 52.0 Å². The van der Waals surface area contributed by atoms with E-state index in [4.69, 9.17) is 4.74 Å². The molecule has 2 aromatic heterocycles. The summed E-state index contributed by atoms with van der Waals surface area (Å²) in [7, 11) is 0. The Bertz CT molecular complexity index is 986. The van der Waals surface area contributed by atoms with Crippen LogP contribution in [0.3, 0.4) is 0 Å². The number of rotatable bonds is 5. The molecule has 0 radical (unpaired) electrons. The lowest BCUT2D eigenvalue weighted by molar-refractivity contribution is 0.0511. The van der Waals surface area contributed by atoms with Gasteiger partial charge in [0.2, 0.25) is 0 Å². The summed E-state index contributed by atoms with van der Waals surface area (Å²) in [6.45, 7) is 2.43. The van der Waals surface area contributed by atoms with Crippen molar-refractivity contribution in [2.24, 2.45) is 0 Å². The Kier molecular flexibility index (Phi) is 4.62. The molecule has 3 aromatic rings. The number of benzene rings is 1. The van der Waals surface area contributed by atoms with Crippen LogP contribution in [0.25, 0.3) is 11.3 Å². The number of nitrogens with zero attached hydrogens (tertiary/aromatic N) is 2. The van der Waals surface area contributed by atoms with Gasteiger partial charge in [-0.2, -0.15) is 5.10 Å². The zero-order chi connectivity index (χ0) is 18.8. The van der Waals surface area contributed by atoms with Crippen LogP contribution in [0.2, 0.25) is 0 Å². The second-order valence-corrected chi connectivity index (χ2v) is 6.59. The number of hydrogen-bond donors (Lipinski definition) is 1. The molecule has 4 rings (SSSR count). The average molecular weight is 363 g/mol. The third kappa shape index (κ3) is 3.30. The quantitative estimate of drug-likeness (QED) is 0.703. The van der Waals surface area contributed by atoms with E-state index < -0.39 is 5.97 Å². The largest absolute Gasteiger partial charge is 0.461 e. The first-order valence-corrected chi connectivity index (χ1v) is 9.20. The van der Waals surface area contributed by atoms with Crippen molar-refractivity contribution in [1.82, 2.24) is 14.8 Å². The number of H-pyrrole nitrogens is 1. The predicted molar refractivity (Wildman–Crippen MR) is 101 cm³/mol. The fourth-order valence-corrected chi connectivity index (χ4v) is 3.53. The van der Waals surface area contributed by atoms with Crippen LogP contribution in [-0.4, -0.2) is 33.1 Å². The van der Waals surface area contributed by atoms with E-state index in [1.165, 1.54) is 0 Å². The van der Waals surface area contributed by atoms with Crippen LogP contribution in [0, 0.1) is 0 Å². The average Bonchev–Trinajstić information content (AvgIpc) is 3.28. The summed E-state index contributed by atoms with van der Waals surface area (Å²) < 4.78 is 6.82. The van der Waals surface area contributed by atoms with E-state index in [1.54, 1.807) is 11.6 Å². The van der Waals surface area contributed by atoms with Gasteiger partial charge in [0.1, 0.15) is 5.69 Å². The minimum absolute atomic E-state index is 0.00277. The highest BCUT2D eigenvalue weighted by atomic mass is 16.5. The van der Waals surface area contributed by atoms with E-state index >= 15 is 0 Å². The van der Waals surface area contributed by atoms with Crippen molar-refractivity contribution in [3.8, 4) is 11.3 Å². The van der Waals surface area contributed by atoms with E-state index in [1.807, 2.05) is 42.5 Å².